The molecule has 0 saturated carbocycles. The second-order valence-electron chi connectivity index (χ2n) is 2.26. The molecule has 0 fully saturated rings. The van der Waals surface area contributed by atoms with Gasteiger partial charge in [-0.3, -0.25) is 0 Å². The van der Waals surface area contributed by atoms with Crippen LogP contribution in [-0.4, -0.2) is 5.06 Å². The molecule has 0 aliphatic carbocycles. The summed E-state index contributed by atoms with van der Waals surface area (Å²) in [6.07, 6.45) is 7.67. The van der Waals surface area contributed by atoms with E-state index in [1.165, 1.54) is 5.57 Å². The smallest absolute Gasteiger partial charge is 0.0923 e. The number of nitrogens with zero attached hydrogens (tertiary/aromatic N) is 1. The number of hydrogen-bond donors (Lipinski definition) is 1. The molecule has 2 rings (SSSR count). The fourth-order valence-corrected chi connectivity index (χ4v) is 1.00. The summed E-state index contributed by atoms with van der Waals surface area (Å²) in [5.41, 5.74) is 4.94. The molecular formula is C7H8N2O. The monoisotopic (exact) mass is 136 g/mol. The van der Waals surface area contributed by atoms with Gasteiger partial charge >= 0.3 is 0 Å². The highest BCUT2D eigenvalue weighted by molar-refractivity contribution is 5.35. The van der Waals surface area contributed by atoms with E-state index in [-0.39, 0.29) is 0 Å². The SMILES string of the molecule is CC1=CC=CN2ONC=C12. The van der Waals surface area contributed by atoms with Crippen molar-refractivity contribution in [2.45, 2.75) is 6.92 Å². The van der Waals surface area contributed by atoms with Crippen molar-refractivity contribution in [2.75, 3.05) is 0 Å². The highest BCUT2D eigenvalue weighted by Crippen LogP contribution is 2.21. The summed E-state index contributed by atoms with van der Waals surface area (Å²) in [7, 11) is 0. The molecule has 0 amide bonds. The summed E-state index contributed by atoms with van der Waals surface area (Å²) < 4.78 is 0. The minimum Gasteiger partial charge on any atom is -0.247 e. The normalized spacial score (nSPS) is 21.5. The number of rotatable bonds is 0. The Morgan fingerprint density at radius 1 is 1.60 bits per heavy atom. The molecule has 1 N–H and O–H groups in total. The van der Waals surface area contributed by atoms with Crippen LogP contribution in [0.5, 0.6) is 0 Å². The first kappa shape index (κ1) is 5.56. The van der Waals surface area contributed by atoms with Gasteiger partial charge in [0.2, 0.25) is 0 Å². The third-order valence-corrected chi connectivity index (χ3v) is 1.56. The van der Waals surface area contributed by atoms with Crippen molar-refractivity contribution < 1.29 is 4.94 Å². The Kier molecular flexibility index (Phi) is 1.05. The molecule has 0 atom stereocenters. The lowest BCUT2D eigenvalue weighted by molar-refractivity contribution is -0.113. The van der Waals surface area contributed by atoms with Crippen molar-refractivity contribution in [3.05, 3.63) is 35.8 Å². The van der Waals surface area contributed by atoms with Crippen LogP contribution < -0.4 is 5.48 Å². The van der Waals surface area contributed by atoms with Gasteiger partial charge < -0.3 is 0 Å². The van der Waals surface area contributed by atoms with Crippen molar-refractivity contribution in [3.63, 3.8) is 0 Å². The van der Waals surface area contributed by atoms with Crippen molar-refractivity contribution in [2.24, 2.45) is 0 Å². The molecule has 2 heterocycles. The topological polar surface area (TPSA) is 24.5 Å². The van der Waals surface area contributed by atoms with E-state index in [4.69, 9.17) is 4.94 Å². The van der Waals surface area contributed by atoms with Gasteiger partial charge in [-0.25, -0.2) is 10.5 Å². The minimum atomic E-state index is 1.07. The van der Waals surface area contributed by atoms with Crippen LogP contribution in [0.2, 0.25) is 0 Å². The van der Waals surface area contributed by atoms with Gasteiger partial charge in [0.05, 0.1) is 11.9 Å². The Morgan fingerprint density at radius 2 is 2.50 bits per heavy atom. The van der Waals surface area contributed by atoms with Gasteiger partial charge in [-0.15, -0.1) is 0 Å². The van der Waals surface area contributed by atoms with Gasteiger partial charge in [0, 0.05) is 6.20 Å². The second-order valence-corrected chi connectivity index (χ2v) is 2.26. The molecule has 52 valence electrons. The molecule has 2 aliphatic rings. The van der Waals surface area contributed by atoms with Gasteiger partial charge in [0.1, 0.15) is 0 Å². The zero-order valence-electron chi connectivity index (χ0n) is 5.66. The van der Waals surface area contributed by atoms with E-state index in [1.807, 2.05) is 31.5 Å². The second kappa shape index (κ2) is 1.88. The van der Waals surface area contributed by atoms with Crippen LogP contribution in [-0.2, 0) is 4.94 Å². The summed E-state index contributed by atoms with van der Waals surface area (Å²) in [6.45, 7) is 2.04. The van der Waals surface area contributed by atoms with Crippen molar-refractivity contribution >= 4 is 0 Å². The van der Waals surface area contributed by atoms with Crippen LogP contribution in [0.25, 0.3) is 0 Å². The number of allylic oxidation sites excluding steroid dienone is 3. The maximum atomic E-state index is 4.99. The third kappa shape index (κ3) is 0.642. The first-order valence-electron chi connectivity index (χ1n) is 3.15. The zero-order valence-corrected chi connectivity index (χ0v) is 5.66. The number of fused-ring (bicyclic) bond motifs is 1. The summed E-state index contributed by atoms with van der Waals surface area (Å²) in [4.78, 5) is 4.99. The summed E-state index contributed by atoms with van der Waals surface area (Å²) in [5, 5.41) is 1.69. The molecule has 0 aromatic heterocycles. The van der Waals surface area contributed by atoms with Crippen molar-refractivity contribution in [1.29, 1.82) is 0 Å². The minimum absolute atomic E-state index is 1.07. The molecule has 3 nitrogen and oxygen atoms in total. The van der Waals surface area contributed by atoms with E-state index >= 15 is 0 Å². The zero-order chi connectivity index (χ0) is 6.97. The van der Waals surface area contributed by atoms with Crippen molar-refractivity contribution in [1.82, 2.24) is 10.5 Å². The molecule has 0 radical (unpaired) electrons. The molecular weight excluding hydrogens is 128 g/mol. The molecule has 0 saturated heterocycles. The van der Waals surface area contributed by atoms with Crippen LogP contribution in [0, 0.1) is 0 Å². The Morgan fingerprint density at radius 3 is 3.30 bits per heavy atom. The predicted molar refractivity (Wildman–Crippen MR) is 37.0 cm³/mol. The van der Waals surface area contributed by atoms with Crippen LogP contribution >= 0.6 is 0 Å². The third-order valence-electron chi connectivity index (χ3n) is 1.56. The summed E-state index contributed by atoms with van der Waals surface area (Å²) in [5.74, 6) is 0. The number of hydroxylamine groups is 3. The molecule has 0 aromatic carbocycles. The van der Waals surface area contributed by atoms with E-state index < -0.39 is 0 Å². The highest BCUT2D eigenvalue weighted by atomic mass is 16.8. The highest BCUT2D eigenvalue weighted by Gasteiger charge is 2.16. The number of nitrogens with one attached hydrogen (secondary N) is 1. The standard InChI is InChI=1S/C7H8N2O/c1-6-3-2-4-9-7(6)5-8-10-9/h2-5,8H,1H3. The molecule has 0 bridgehead atoms. The fraction of sp³-hybridized carbons (Fsp3) is 0.143. The van der Waals surface area contributed by atoms with Gasteiger partial charge in [-0.2, -0.15) is 4.94 Å². The average molecular weight is 136 g/mol. The largest absolute Gasteiger partial charge is 0.247 e. The number of hydrogen-bond acceptors (Lipinski definition) is 3. The molecule has 0 aromatic rings. The molecule has 10 heavy (non-hydrogen) atoms. The van der Waals surface area contributed by atoms with E-state index in [2.05, 4.69) is 5.48 Å². The molecule has 0 spiro atoms. The summed E-state index contributed by atoms with van der Waals surface area (Å²) in [6, 6.07) is 0. The Hall–Kier alpha value is -1.22. The Bertz CT molecular complexity index is 240. The lowest BCUT2D eigenvalue weighted by Crippen LogP contribution is -2.16. The first-order chi connectivity index (χ1) is 4.88. The lowest BCUT2D eigenvalue weighted by atomic mass is 10.2. The molecule has 2 aliphatic heterocycles. The van der Waals surface area contributed by atoms with E-state index in [0.717, 1.165) is 5.70 Å². The van der Waals surface area contributed by atoms with Gasteiger partial charge in [0.15, 0.2) is 0 Å². The average Bonchev–Trinajstić information content (AvgIpc) is 2.36. The first-order valence-corrected chi connectivity index (χ1v) is 3.15. The van der Waals surface area contributed by atoms with Gasteiger partial charge in [0.25, 0.3) is 0 Å². The Labute approximate surface area is 59.2 Å². The van der Waals surface area contributed by atoms with Crippen LogP contribution in [0.1, 0.15) is 6.92 Å². The van der Waals surface area contributed by atoms with Crippen LogP contribution in [0.3, 0.4) is 0 Å². The van der Waals surface area contributed by atoms with Gasteiger partial charge in [-0.05, 0) is 18.6 Å². The van der Waals surface area contributed by atoms with Crippen molar-refractivity contribution in [3.8, 4) is 0 Å². The maximum Gasteiger partial charge on any atom is 0.0923 e. The maximum absolute atomic E-state index is 4.99. The lowest BCUT2D eigenvalue weighted by Gasteiger charge is -2.16. The summed E-state index contributed by atoms with van der Waals surface area (Å²) >= 11 is 0. The molecule has 3 heteroatoms. The van der Waals surface area contributed by atoms with Crippen LogP contribution in [0.15, 0.2) is 35.8 Å². The van der Waals surface area contributed by atoms with E-state index in [1.54, 1.807) is 5.06 Å². The van der Waals surface area contributed by atoms with Gasteiger partial charge in [-0.1, -0.05) is 6.08 Å². The Balaban J connectivity index is 2.38. The molecule has 0 unspecified atom stereocenters. The predicted octanol–water partition coefficient (Wildman–Crippen LogP) is 1.05. The van der Waals surface area contributed by atoms with Crippen LogP contribution in [0.4, 0.5) is 0 Å². The quantitative estimate of drug-likeness (QED) is 0.538. The van der Waals surface area contributed by atoms with E-state index in [9.17, 15) is 0 Å². The fourth-order valence-electron chi connectivity index (χ4n) is 1.00. The van der Waals surface area contributed by atoms with E-state index in [0.29, 0.717) is 0 Å².